The third kappa shape index (κ3) is 2.26. The van der Waals surface area contributed by atoms with Gasteiger partial charge in [-0.3, -0.25) is 14.4 Å². The number of carbonyl (C=O) groups excluding carboxylic acids is 3. The van der Waals surface area contributed by atoms with E-state index < -0.39 is 0 Å². The number of likely N-dealkylation sites (N-methyl/N-ethyl adjacent to an activating group) is 1. The summed E-state index contributed by atoms with van der Waals surface area (Å²) >= 11 is 0. The summed E-state index contributed by atoms with van der Waals surface area (Å²) in [6, 6.07) is 13.7. The highest BCUT2D eigenvalue weighted by atomic mass is 16.2. The Balaban J connectivity index is 1.96. The lowest BCUT2D eigenvalue weighted by molar-refractivity contribution is -0.119. The first-order valence-corrected chi connectivity index (χ1v) is 6.89. The third-order valence-electron chi connectivity index (χ3n) is 3.61. The Bertz CT molecular complexity index is 748. The van der Waals surface area contributed by atoms with E-state index in [0.717, 1.165) is 10.5 Å². The van der Waals surface area contributed by atoms with Crippen molar-refractivity contribution in [2.75, 3.05) is 11.9 Å². The molecule has 22 heavy (non-hydrogen) atoms. The molecule has 0 radical (unpaired) electrons. The number of hydrogen-bond donors (Lipinski definition) is 1. The summed E-state index contributed by atoms with van der Waals surface area (Å²) in [6.45, 7) is 0. The third-order valence-corrected chi connectivity index (χ3v) is 3.61. The van der Waals surface area contributed by atoms with Crippen molar-refractivity contribution in [3.63, 3.8) is 0 Å². The Morgan fingerprint density at radius 3 is 2.23 bits per heavy atom. The number of nitrogens with one attached hydrogen (secondary N) is 1. The van der Waals surface area contributed by atoms with Crippen molar-refractivity contribution in [3.8, 4) is 0 Å². The van der Waals surface area contributed by atoms with Gasteiger partial charge in [-0.15, -0.1) is 0 Å². The van der Waals surface area contributed by atoms with Gasteiger partial charge in [0.2, 0.25) is 5.91 Å². The first-order chi connectivity index (χ1) is 10.6. The van der Waals surface area contributed by atoms with Crippen molar-refractivity contribution >= 4 is 23.4 Å². The molecular formula is C17H14N2O3. The van der Waals surface area contributed by atoms with E-state index in [0.29, 0.717) is 16.8 Å². The second-order valence-electron chi connectivity index (χ2n) is 5.01. The smallest absolute Gasteiger partial charge is 0.266 e. The number of anilines is 1. The number of carbonyl (C=O) groups is 3. The maximum absolute atomic E-state index is 12.4. The minimum absolute atomic E-state index is 0.125. The first-order valence-electron chi connectivity index (χ1n) is 6.89. The fourth-order valence-electron chi connectivity index (χ4n) is 2.50. The lowest BCUT2D eigenvalue weighted by Crippen LogP contribution is -2.29. The van der Waals surface area contributed by atoms with E-state index in [-0.39, 0.29) is 24.1 Å². The molecule has 0 atom stereocenters. The van der Waals surface area contributed by atoms with Gasteiger partial charge in [0.05, 0.1) is 23.2 Å². The monoisotopic (exact) mass is 294 g/mol. The van der Waals surface area contributed by atoms with Gasteiger partial charge in [0.1, 0.15) is 0 Å². The van der Waals surface area contributed by atoms with Gasteiger partial charge in [-0.2, -0.15) is 0 Å². The van der Waals surface area contributed by atoms with Crippen molar-refractivity contribution in [2.45, 2.75) is 6.42 Å². The maximum atomic E-state index is 12.4. The summed E-state index contributed by atoms with van der Waals surface area (Å²) in [4.78, 5) is 37.5. The Labute approximate surface area is 127 Å². The number of nitrogens with zero attached hydrogens (tertiary/aromatic N) is 1. The Morgan fingerprint density at radius 1 is 1.00 bits per heavy atom. The number of imide groups is 1. The maximum Gasteiger partial charge on any atom is 0.266 e. The van der Waals surface area contributed by atoms with Gasteiger partial charge < -0.3 is 5.32 Å². The minimum atomic E-state index is -0.335. The number of fused-ring (bicyclic) bond motifs is 1. The van der Waals surface area contributed by atoms with Crippen LogP contribution in [0.5, 0.6) is 0 Å². The van der Waals surface area contributed by atoms with Crippen molar-refractivity contribution in [3.05, 3.63) is 65.2 Å². The fourth-order valence-corrected chi connectivity index (χ4v) is 2.50. The van der Waals surface area contributed by atoms with E-state index in [1.807, 2.05) is 0 Å². The summed E-state index contributed by atoms with van der Waals surface area (Å²) < 4.78 is 0. The molecule has 0 aliphatic carbocycles. The molecule has 5 heteroatoms. The Morgan fingerprint density at radius 2 is 1.64 bits per heavy atom. The van der Waals surface area contributed by atoms with E-state index in [9.17, 15) is 14.4 Å². The zero-order valence-electron chi connectivity index (χ0n) is 12.0. The summed E-state index contributed by atoms with van der Waals surface area (Å²) in [5.74, 6) is -0.796. The Hall–Kier alpha value is -2.95. The molecule has 3 rings (SSSR count). The summed E-state index contributed by atoms with van der Waals surface area (Å²) in [5, 5.41) is 2.55. The van der Waals surface area contributed by atoms with E-state index in [4.69, 9.17) is 0 Å². The molecule has 0 saturated carbocycles. The van der Waals surface area contributed by atoms with Crippen molar-refractivity contribution in [1.29, 1.82) is 0 Å². The highest BCUT2D eigenvalue weighted by Crippen LogP contribution is 2.28. The lowest BCUT2D eigenvalue weighted by atomic mass is 10.1. The first kappa shape index (κ1) is 14.0. The van der Waals surface area contributed by atoms with E-state index in [2.05, 4.69) is 5.32 Å². The zero-order chi connectivity index (χ0) is 15.7. The van der Waals surface area contributed by atoms with Crippen LogP contribution in [-0.4, -0.2) is 24.8 Å². The van der Waals surface area contributed by atoms with Gasteiger partial charge in [0, 0.05) is 7.05 Å². The fraction of sp³-hybridized carbons (Fsp3) is 0.118. The van der Waals surface area contributed by atoms with E-state index in [1.165, 1.54) is 0 Å². The van der Waals surface area contributed by atoms with Gasteiger partial charge >= 0.3 is 0 Å². The number of amides is 3. The van der Waals surface area contributed by atoms with Crippen LogP contribution in [0, 0.1) is 0 Å². The predicted molar refractivity (Wildman–Crippen MR) is 81.8 cm³/mol. The molecule has 110 valence electrons. The Kier molecular flexibility index (Phi) is 3.47. The zero-order valence-corrected chi connectivity index (χ0v) is 12.0. The molecule has 5 nitrogen and oxygen atoms in total. The molecule has 2 aromatic rings. The van der Waals surface area contributed by atoms with Gasteiger partial charge in [0.25, 0.3) is 11.8 Å². The largest absolute Gasteiger partial charge is 0.359 e. The van der Waals surface area contributed by atoms with Crippen LogP contribution >= 0.6 is 0 Å². The molecule has 0 unspecified atom stereocenters. The van der Waals surface area contributed by atoms with Crippen molar-refractivity contribution < 1.29 is 14.4 Å². The van der Waals surface area contributed by atoms with Crippen LogP contribution in [0.1, 0.15) is 26.3 Å². The molecule has 1 N–H and O–H groups in total. The summed E-state index contributed by atoms with van der Waals surface area (Å²) in [6.07, 6.45) is 0.202. The topological polar surface area (TPSA) is 66.5 Å². The molecule has 0 spiro atoms. The van der Waals surface area contributed by atoms with Crippen LogP contribution in [0.4, 0.5) is 5.69 Å². The van der Waals surface area contributed by atoms with Crippen molar-refractivity contribution in [2.24, 2.45) is 0 Å². The van der Waals surface area contributed by atoms with Gasteiger partial charge in [-0.05, 0) is 29.8 Å². The molecule has 2 aromatic carbocycles. The summed E-state index contributed by atoms with van der Waals surface area (Å²) in [7, 11) is 1.57. The average molecular weight is 294 g/mol. The second kappa shape index (κ2) is 5.44. The predicted octanol–water partition coefficient (Wildman–Crippen LogP) is 1.78. The highest BCUT2D eigenvalue weighted by molar-refractivity contribution is 6.34. The van der Waals surface area contributed by atoms with Crippen LogP contribution in [0.3, 0.4) is 0 Å². The molecule has 3 amide bonds. The minimum Gasteiger partial charge on any atom is -0.359 e. The standard InChI is InChI=1S/C17H14N2O3/c1-18-15(20)10-11-5-4-6-12(9-11)19-16(21)13-7-2-3-8-14(13)17(19)22/h2-9H,10H2,1H3,(H,18,20). The van der Waals surface area contributed by atoms with Gasteiger partial charge in [-0.25, -0.2) is 4.90 Å². The molecule has 1 aliphatic heterocycles. The highest BCUT2D eigenvalue weighted by Gasteiger charge is 2.36. The van der Waals surface area contributed by atoms with E-state index >= 15 is 0 Å². The molecule has 0 aromatic heterocycles. The summed E-state index contributed by atoms with van der Waals surface area (Å²) in [5.41, 5.74) is 2.04. The molecule has 0 saturated heterocycles. The van der Waals surface area contributed by atoms with E-state index in [1.54, 1.807) is 55.6 Å². The second-order valence-corrected chi connectivity index (χ2v) is 5.01. The van der Waals surface area contributed by atoms with Gasteiger partial charge in [-0.1, -0.05) is 24.3 Å². The normalized spacial score (nSPS) is 13.2. The molecular weight excluding hydrogens is 280 g/mol. The van der Waals surface area contributed by atoms with Crippen molar-refractivity contribution in [1.82, 2.24) is 5.32 Å². The number of benzene rings is 2. The lowest BCUT2D eigenvalue weighted by Gasteiger charge is -2.15. The molecule has 0 fully saturated rings. The molecule has 0 bridgehead atoms. The van der Waals surface area contributed by atoms with Crippen LogP contribution in [0.15, 0.2) is 48.5 Å². The molecule has 1 aliphatic rings. The number of rotatable bonds is 3. The van der Waals surface area contributed by atoms with Gasteiger partial charge in [0.15, 0.2) is 0 Å². The quantitative estimate of drug-likeness (QED) is 0.877. The average Bonchev–Trinajstić information content (AvgIpc) is 2.79. The SMILES string of the molecule is CNC(=O)Cc1cccc(N2C(=O)c3ccccc3C2=O)c1. The van der Waals surface area contributed by atoms with Crippen LogP contribution in [-0.2, 0) is 11.2 Å². The van der Waals surface area contributed by atoms with Crippen LogP contribution < -0.4 is 10.2 Å². The van der Waals surface area contributed by atoms with Crippen LogP contribution in [0.2, 0.25) is 0 Å². The van der Waals surface area contributed by atoms with Crippen LogP contribution in [0.25, 0.3) is 0 Å². The molecule has 1 heterocycles. The number of hydrogen-bond acceptors (Lipinski definition) is 3.